The lowest BCUT2D eigenvalue weighted by Gasteiger charge is -2.12. The zero-order valence-electron chi connectivity index (χ0n) is 16.0. The van der Waals surface area contributed by atoms with E-state index < -0.39 is 56.1 Å². The number of halogens is 8. The fraction of sp³-hybridized carbons (Fsp3) is 0.167. The molecule has 32 heavy (non-hydrogen) atoms. The monoisotopic (exact) mass is 533 g/mol. The number of nitrogens with one attached hydrogen (secondary N) is 1. The van der Waals surface area contributed by atoms with Crippen LogP contribution in [0.2, 0.25) is 15.1 Å². The first-order chi connectivity index (χ1) is 14.8. The van der Waals surface area contributed by atoms with Crippen molar-refractivity contribution < 1.29 is 30.4 Å². The van der Waals surface area contributed by atoms with Crippen LogP contribution in [0.1, 0.15) is 17.0 Å². The molecular weight excluding hydrogens is 524 g/mol. The molecule has 2 aromatic carbocycles. The average molecular weight is 535 g/mol. The lowest BCUT2D eigenvalue weighted by molar-refractivity contribution is 0.366. The highest BCUT2D eigenvalue weighted by molar-refractivity contribution is 7.92. The number of hydrogen-bond donors (Lipinski definition) is 1. The van der Waals surface area contributed by atoms with Gasteiger partial charge in [0.25, 0.3) is 10.0 Å². The number of hydrogen-bond acceptors (Lipinski definition) is 3. The van der Waals surface area contributed by atoms with Gasteiger partial charge in [0.05, 0.1) is 44.3 Å². The minimum Gasteiger partial charge on any atom is -0.276 e. The van der Waals surface area contributed by atoms with Crippen LogP contribution in [-0.4, -0.2) is 18.2 Å². The van der Waals surface area contributed by atoms with Gasteiger partial charge in [-0.2, -0.15) is 5.10 Å². The Bertz CT molecular complexity index is 1330. The van der Waals surface area contributed by atoms with E-state index >= 15 is 0 Å². The highest BCUT2D eigenvalue weighted by Gasteiger charge is 2.28. The van der Waals surface area contributed by atoms with E-state index in [2.05, 4.69) is 9.82 Å². The van der Waals surface area contributed by atoms with Crippen LogP contribution in [-0.2, 0) is 16.6 Å². The van der Waals surface area contributed by atoms with E-state index in [1.54, 1.807) is 0 Å². The highest BCUT2D eigenvalue weighted by atomic mass is 35.5. The minimum absolute atomic E-state index is 0.0265. The Morgan fingerprint density at radius 1 is 0.875 bits per heavy atom. The summed E-state index contributed by atoms with van der Waals surface area (Å²) in [5.41, 5.74) is -1.12. The van der Waals surface area contributed by atoms with Gasteiger partial charge in [0.2, 0.25) is 5.82 Å². The van der Waals surface area contributed by atoms with Crippen LogP contribution in [0, 0.1) is 42.9 Å². The Balaban J connectivity index is 2.02. The lowest BCUT2D eigenvalue weighted by atomic mass is 10.1. The van der Waals surface area contributed by atoms with Crippen molar-refractivity contribution in [2.75, 3.05) is 4.72 Å². The number of rotatable bonds is 5. The predicted octanol–water partition coefficient (Wildman–Crippen LogP) is 6.00. The molecule has 5 nitrogen and oxygen atoms in total. The summed E-state index contributed by atoms with van der Waals surface area (Å²) in [6.07, 6.45) is 0. The molecule has 0 unspecified atom stereocenters. The van der Waals surface area contributed by atoms with Gasteiger partial charge >= 0.3 is 0 Å². The smallest absolute Gasteiger partial charge is 0.263 e. The maximum absolute atomic E-state index is 14.0. The number of sulfonamides is 1. The Kier molecular flexibility index (Phi) is 6.67. The van der Waals surface area contributed by atoms with Gasteiger partial charge in [-0.05, 0) is 26.0 Å². The number of aromatic nitrogens is 2. The molecule has 1 heterocycles. The molecule has 3 rings (SSSR count). The molecule has 1 aromatic heterocycles. The number of nitrogens with zero attached hydrogens (tertiary/aromatic N) is 2. The van der Waals surface area contributed by atoms with E-state index in [0.29, 0.717) is 0 Å². The summed E-state index contributed by atoms with van der Waals surface area (Å²) in [6, 6.07) is 2.16. The van der Waals surface area contributed by atoms with E-state index in [-0.39, 0.29) is 32.1 Å². The summed E-state index contributed by atoms with van der Waals surface area (Å²) >= 11 is 17.6. The maximum atomic E-state index is 14.0. The molecule has 172 valence electrons. The quantitative estimate of drug-likeness (QED) is 0.248. The van der Waals surface area contributed by atoms with Gasteiger partial charge in [-0.25, -0.2) is 30.4 Å². The van der Waals surface area contributed by atoms with Gasteiger partial charge in [-0.3, -0.25) is 9.40 Å². The van der Waals surface area contributed by atoms with E-state index in [4.69, 9.17) is 34.8 Å². The normalized spacial score (nSPS) is 11.8. The SMILES string of the molecule is Cc1nn(Cc2c(F)c(F)c(F)c(F)c2F)c(C)c1NS(=O)(=O)c1cc(Cl)c(Cl)cc1Cl. The molecule has 3 aromatic rings. The molecule has 0 aliphatic rings. The van der Waals surface area contributed by atoms with Gasteiger partial charge in [0.1, 0.15) is 4.90 Å². The summed E-state index contributed by atoms with van der Waals surface area (Å²) in [7, 11) is -4.32. The second-order valence-electron chi connectivity index (χ2n) is 6.55. The van der Waals surface area contributed by atoms with E-state index in [9.17, 15) is 30.4 Å². The second-order valence-corrected chi connectivity index (χ2v) is 9.43. The van der Waals surface area contributed by atoms with Crippen molar-refractivity contribution in [3.8, 4) is 0 Å². The largest absolute Gasteiger partial charge is 0.276 e. The van der Waals surface area contributed by atoms with Gasteiger partial charge < -0.3 is 0 Å². The van der Waals surface area contributed by atoms with Crippen molar-refractivity contribution in [2.45, 2.75) is 25.3 Å². The molecule has 0 aliphatic carbocycles. The van der Waals surface area contributed by atoms with Crippen LogP contribution in [0.4, 0.5) is 27.6 Å². The van der Waals surface area contributed by atoms with E-state index in [1.807, 2.05) is 0 Å². The molecule has 0 fully saturated rings. The van der Waals surface area contributed by atoms with Crippen molar-refractivity contribution in [2.24, 2.45) is 0 Å². The first-order valence-corrected chi connectivity index (χ1v) is 11.1. The van der Waals surface area contributed by atoms with Crippen LogP contribution < -0.4 is 4.72 Å². The van der Waals surface area contributed by atoms with Crippen LogP contribution in [0.3, 0.4) is 0 Å². The molecule has 0 aliphatic heterocycles. The third kappa shape index (κ3) is 4.26. The molecule has 0 atom stereocenters. The van der Waals surface area contributed by atoms with Gasteiger partial charge in [-0.15, -0.1) is 0 Å². The average Bonchev–Trinajstić information content (AvgIpc) is 2.97. The van der Waals surface area contributed by atoms with Gasteiger partial charge in [0.15, 0.2) is 23.3 Å². The van der Waals surface area contributed by atoms with Gasteiger partial charge in [0, 0.05) is 0 Å². The predicted molar refractivity (Wildman–Crippen MR) is 109 cm³/mol. The summed E-state index contributed by atoms with van der Waals surface area (Å²) in [5.74, 6) is -10.5. The molecule has 0 radical (unpaired) electrons. The molecule has 1 N–H and O–H groups in total. The van der Waals surface area contributed by atoms with Crippen molar-refractivity contribution >= 4 is 50.5 Å². The number of anilines is 1. The minimum atomic E-state index is -4.32. The first-order valence-electron chi connectivity index (χ1n) is 8.48. The van der Waals surface area contributed by atoms with E-state index in [1.165, 1.54) is 13.8 Å². The summed E-state index contributed by atoms with van der Waals surface area (Å²) in [4.78, 5) is -0.403. The Morgan fingerprint density at radius 3 is 1.94 bits per heavy atom. The zero-order valence-corrected chi connectivity index (χ0v) is 19.1. The number of aryl methyl sites for hydroxylation is 1. The third-order valence-corrected chi connectivity index (χ3v) is 7.03. The standard InChI is InChI=1S/C18H11Cl3F5N3O2S/c1-6-18(28-32(30,31)12-4-10(20)9(19)3-11(12)21)7(2)29(27-6)5-8-13(22)15(24)17(26)16(25)14(8)23/h3-4,28H,5H2,1-2H3. The third-order valence-electron chi connectivity index (χ3n) is 4.49. The van der Waals surface area contributed by atoms with Crippen molar-refractivity contribution in [1.29, 1.82) is 0 Å². The first kappa shape index (κ1) is 24.6. The molecule has 14 heteroatoms. The van der Waals surface area contributed by atoms with E-state index in [0.717, 1.165) is 16.8 Å². The molecule has 0 saturated carbocycles. The van der Waals surface area contributed by atoms with Crippen LogP contribution >= 0.6 is 34.8 Å². The van der Waals surface area contributed by atoms with Crippen LogP contribution in [0.15, 0.2) is 17.0 Å². The summed E-state index contributed by atoms with van der Waals surface area (Å²) < 4.78 is 97.0. The Hall–Kier alpha value is -2.08. The van der Waals surface area contributed by atoms with Crippen molar-refractivity contribution in [1.82, 2.24) is 9.78 Å². The Morgan fingerprint density at radius 2 is 1.38 bits per heavy atom. The summed E-state index contributed by atoms with van der Waals surface area (Å²) in [6.45, 7) is 1.85. The lowest BCUT2D eigenvalue weighted by Crippen LogP contribution is -2.15. The molecular formula is C18H11Cl3F5N3O2S. The van der Waals surface area contributed by atoms with Crippen molar-refractivity contribution in [3.63, 3.8) is 0 Å². The van der Waals surface area contributed by atoms with Crippen LogP contribution in [0.5, 0.6) is 0 Å². The number of benzene rings is 2. The fourth-order valence-corrected chi connectivity index (χ4v) is 5.02. The van der Waals surface area contributed by atoms with Crippen molar-refractivity contribution in [3.05, 3.63) is 73.2 Å². The highest BCUT2D eigenvalue weighted by Crippen LogP contribution is 2.34. The van der Waals surface area contributed by atoms with Gasteiger partial charge in [-0.1, -0.05) is 34.8 Å². The van der Waals surface area contributed by atoms with Crippen LogP contribution in [0.25, 0.3) is 0 Å². The maximum Gasteiger partial charge on any atom is 0.263 e. The molecule has 0 amide bonds. The molecule has 0 saturated heterocycles. The topological polar surface area (TPSA) is 64.0 Å². The Labute approximate surface area is 193 Å². The fourth-order valence-electron chi connectivity index (χ4n) is 2.84. The molecule has 0 spiro atoms. The summed E-state index contributed by atoms with van der Waals surface area (Å²) in [5, 5.41) is 3.66. The second kappa shape index (κ2) is 8.69. The zero-order chi connectivity index (χ0) is 24.1. The molecule has 0 bridgehead atoms.